The Kier molecular flexibility index (Phi) is 6.05. The summed E-state index contributed by atoms with van der Waals surface area (Å²) in [5.41, 5.74) is 9.73. The highest BCUT2D eigenvalue weighted by Gasteiger charge is 2.14. The van der Waals surface area contributed by atoms with E-state index in [-0.39, 0.29) is 0 Å². The molecule has 0 saturated carbocycles. The molecule has 0 amide bonds. The van der Waals surface area contributed by atoms with Gasteiger partial charge in [-0.3, -0.25) is 4.99 Å². The zero-order valence-corrected chi connectivity index (χ0v) is 16.9. The standard InChI is InChI=1S/C23H31NO/c1-9-22(21-13-16(5)15(4)12-20(21)14(2)3)24-19-10-17(6)23(25-8)18(7)11-19/h10-14H,9H2,1-8H3/b24-22+. The topological polar surface area (TPSA) is 21.6 Å². The average molecular weight is 338 g/mol. The third kappa shape index (κ3) is 4.12. The van der Waals surface area contributed by atoms with Gasteiger partial charge >= 0.3 is 0 Å². The number of rotatable bonds is 5. The van der Waals surface area contributed by atoms with Gasteiger partial charge < -0.3 is 4.74 Å². The van der Waals surface area contributed by atoms with Crippen LogP contribution in [0.3, 0.4) is 0 Å². The molecule has 0 aromatic heterocycles. The lowest BCUT2D eigenvalue weighted by Gasteiger charge is -2.17. The van der Waals surface area contributed by atoms with Crippen LogP contribution in [0.4, 0.5) is 5.69 Å². The molecule has 2 heteroatoms. The number of ether oxygens (including phenoxy) is 1. The van der Waals surface area contributed by atoms with E-state index in [1.807, 2.05) is 0 Å². The molecule has 0 atom stereocenters. The van der Waals surface area contributed by atoms with Crippen LogP contribution in [0.2, 0.25) is 0 Å². The summed E-state index contributed by atoms with van der Waals surface area (Å²) in [7, 11) is 1.72. The van der Waals surface area contributed by atoms with Crippen LogP contribution in [-0.4, -0.2) is 12.8 Å². The maximum Gasteiger partial charge on any atom is 0.124 e. The zero-order chi connectivity index (χ0) is 18.7. The van der Waals surface area contributed by atoms with Crippen molar-refractivity contribution in [3.63, 3.8) is 0 Å². The second kappa shape index (κ2) is 7.86. The zero-order valence-electron chi connectivity index (χ0n) is 16.9. The summed E-state index contributed by atoms with van der Waals surface area (Å²) in [6.07, 6.45) is 0.909. The minimum absolute atomic E-state index is 0.477. The number of methoxy groups -OCH3 is 1. The average Bonchev–Trinajstić information content (AvgIpc) is 2.54. The maximum absolute atomic E-state index is 5.48. The Bertz CT molecular complexity index is 777. The molecular weight excluding hydrogens is 306 g/mol. The lowest BCUT2D eigenvalue weighted by molar-refractivity contribution is 0.408. The lowest BCUT2D eigenvalue weighted by atomic mass is 9.89. The predicted octanol–water partition coefficient (Wildman–Crippen LogP) is 6.58. The first-order valence-electron chi connectivity index (χ1n) is 9.12. The fourth-order valence-corrected chi connectivity index (χ4v) is 3.37. The number of aliphatic imine (C=N–C) groups is 1. The van der Waals surface area contributed by atoms with Crippen molar-refractivity contribution in [2.75, 3.05) is 7.11 Å². The molecule has 2 aromatic rings. The van der Waals surface area contributed by atoms with Gasteiger partial charge in [-0.25, -0.2) is 0 Å². The van der Waals surface area contributed by atoms with Crippen LogP contribution in [0.25, 0.3) is 0 Å². The van der Waals surface area contributed by atoms with Gasteiger partial charge in [0, 0.05) is 5.71 Å². The Balaban J connectivity index is 2.61. The molecule has 0 aliphatic rings. The molecular formula is C23H31NO. The molecule has 2 nitrogen and oxygen atoms in total. The van der Waals surface area contributed by atoms with Gasteiger partial charge in [0.15, 0.2) is 0 Å². The van der Waals surface area contributed by atoms with E-state index in [4.69, 9.17) is 9.73 Å². The van der Waals surface area contributed by atoms with E-state index in [2.05, 4.69) is 72.7 Å². The van der Waals surface area contributed by atoms with Crippen LogP contribution in [0.1, 0.15) is 66.5 Å². The molecule has 134 valence electrons. The molecule has 0 N–H and O–H groups in total. The van der Waals surface area contributed by atoms with E-state index >= 15 is 0 Å². The molecule has 0 aliphatic carbocycles. The number of benzene rings is 2. The van der Waals surface area contributed by atoms with Crippen LogP contribution in [0, 0.1) is 27.7 Å². The molecule has 0 radical (unpaired) electrons. The van der Waals surface area contributed by atoms with Crippen molar-refractivity contribution in [1.82, 2.24) is 0 Å². The highest BCUT2D eigenvalue weighted by molar-refractivity contribution is 6.03. The van der Waals surface area contributed by atoms with Gasteiger partial charge in [-0.15, -0.1) is 0 Å². The summed E-state index contributed by atoms with van der Waals surface area (Å²) >= 11 is 0. The van der Waals surface area contributed by atoms with Crippen molar-refractivity contribution in [1.29, 1.82) is 0 Å². The minimum atomic E-state index is 0.477. The first-order valence-corrected chi connectivity index (χ1v) is 9.12. The summed E-state index contributed by atoms with van der Waals surface area (Å²) in [6.45, 7) is 15.2. The molecule has 2 aromatic carbocycles. The van der Waals surface area contributed by atoms with Crippen molar-refractivity contribution >= 4 is 11.4 Å². The quantitative estimate of drug-likeness (QED) is 0.564. The second-order valence-corrected chi connectivity index (χ2v) is 7.20. The molecule has 2 rings (SSSR count). The number of aryl methyl sites for hydroxylation is 4. The fraction of sp³-hybridized carbons (Fsp3) is 0.435. The first kappa shape index (κ1) is 19.2. The van der Waals surface area contributed by atoms with E-state index in [9.17, 15) is 0 Å². The largest absolute Gasteiger partial charge is 0.496 e. The second-order valence-electron chi connectivity index (χ2n) is 7.20. The Morgan fingerprint density at radius 1 is 0.920 bits per heavy atom. The predicted molar refractivity (Wildman–Crippen MR) is 109 cm³/mol. The van der Waals surface area contributed by atoms with Crippen LogP contribution < -0.4 is 4.74 Å². The highest BCUT2D eigenvalue weighted by atomic mass is 16.5. The van der Waals surface area contributed by atoms with Gasteiger partial charge in [-0.2, -0.15) is 0 Å². The van der Waals surface area contributed by atoms with E-state index in [0.29, 0.717) is 5.92 Å². The lowest BCUT2D eigenvalue weighted by Crippen LogP contribution is -2.07. The SMILES string of the molecule is CC/C(=N\c1cc(C)c(OC)c(C)c1)c1cc(C)c(C)cc1C(C)C. The van der Waals surface area contributed by atoms with Gasteiger partial charge in [0.1, 0.15) is 5.75 Å². The highest BCUT2D eigenvalue weighted by Crippen LogP contribution is 2.30. The smallest absolute Gasteiger partial charge is 0.124 e. The molecule has 0 spiro atoms. The summed E-state index contributed by atoms with van der Waals surface area (Å²) in [6, 6.07) is 8.84. The van der Waals surface area contributed by atoms with Gasteiger partial charge in [-0.1, -0.05) is 26.8 Å². The van der Waals surface area contributed by atoms with Gasteiger partial charge in [0.25, 0.3) is 0 Å². The van der Waals surface area contributed by atoms with Crippen molar-refractivity contribution in [3.8, 4) is 5.75 Å². The molecule has 0 bridgehead atoms. The van der Waals surface area contributed by atoms with Gasteiger partial charge in [0.2, 0.25) is 0 Å². The van der Waals surface area contributed by atoms with E-state index < -0.39 is 0 Å². The normalized spacial score (nSPS) is 12.0. The third-order valence-electron chi connectivity index (χ3n) is 4.85. The fourth-order valence-electron chi connectivity index (χ4n) is 3.37. The number of hydrogen-bond acceptors (Lipinski definition) is 2. The van der Waals surface area contributed by atoms with Gasteiger partial charge in [0.05, 0.1) is 12.8 Å². The van der Waals surface area contributed by atoms with Crippen molar-refractivity contribution in [3.05, 3.63) is 57.6 Å². The van der Waals surface area contributed by atoms with Crippen molar-refractivity contribution in [2.45, 2.75) is 60.8 Å². The van der Waals surface area contributed by atoms with Gasteiger partial charge in [-0.05, 0) is 91.6 Å². The Morgan fingerprint density at radius 3 is 1.96 bits per heavy atom. The monoisotopic (exact) mass is 337 g/mol. The molecule has 0 aliphatic heterocycles. The van der Waals surface area contributed by atoms with Crippen molar-refractivity contribution in [2.24, 2.45) is 4.99 Å². The summed E-state index contributed by atoms with van der Waals surface area (Å²) in [5.74, 6) is 1.43. The first-order chi connectivity index (χ1) is 11.8. The van der Waals surface area contributed by atoms with Crippen LogP contribution in [0.15, 0.2) is 29.3 Å². The van der Waals surface area contributed by atoms with E-state index in [1.165, 1.54) is 22.3 Å². The van der Waals surface area contributed by atoms with Crippen LogP contribution >= 0.6 is 0 Å². The Hall–Kier alpha value is -2.09. The Labute approximate surface area is 153 Å². The summed E-state index contributed by atoms with van der Waals surface area (Å²) in [4.78, 5) is 5.02. The van der Waals surface area contributed by atoms with Crippen LogP contribution in [-0.2, 0) is 0 Å². The molecule has 0 saturated heterocycles. The van der Waals surface area contributed by atoms with E-state index in [1.54, 1.807) is 7.11 Å². The summed E-state index contributed by atoms with van der Waals surface area (Å²) in [5, 5.41) is 0. The minimum Gasteiger partial charge on any atom is -0.496 e. The maximum atomic E-state index is 5.48. The third-order valence-corrected chi connectivity index (χ3v) is 4.85. The Morgan fingerprint density at radius 2 is 1.48 bits per heavy atom. The number of hydrogen-bond donors (Lipinski definition) is 0. The molecule has 25 heavy (non-hydrogen) atoms. The molecule has 0 heterocycles. The van der Waals surface area contributed by atoms with Crippen molar-refractivity contribution < 1.29 is 4.74 Å². The molecule has 0 fully saturated rings. The van der Waals surface area contributed by atoms with E-state index in [0.717, 1.165) is 34.7 Å². The summed E-state index contributed by atoms with van der Waals surface area (Å²) < 4.78 is 5.48. The van der Waals surface area contributed by atoms with Crippen LogP contribution in [0.5, 0.6) is 5.75 Å². The molecule has 0 unspecified atom stereocenters. The number of nitrogens with zero attached hydrogens (tertiary/aromatic N) is 1.